The van der Waals surface area contributed by atoms with E-state index < -0.39 is 0 Å². The van der Waals surface area contributed by atoms with Gasteiger partial charge in [0.1, 0.15) is 0 Å². The van der Waals surface area contributed by atoms with Crippen LogP contribution in [0.3, 0.4) is 0 Å². The Morgan fingerprint density at radius 3 is 2.29 bits per heavy atom. The van der Waals surface area contributed by atoms with Gasteiger partial charge in [0.15, 0.2) is 0 Å². The summed E-state index contributed by atoms with van der Waals surface area (Å²) in [6.07, 6.45) is 6.74. The van der Waals surface area contributed by atoms with Crippen LogP contribution in [0.2, 0.25) is 0 Å². The number of nitrogens with zero attached hydrogens (tertiary/aromatic N) is 1. The van der Waals surface area contributed by atoms with E-state index in [1.165, 1.54) is 18.4 Å². The predicted molar refractivity (Wildman–Crippen MR) is 97.9 cm³/mol. The first kappa shape index (κ1) is 22.5. The van der Waals surface area contributed by atoms with Gasteiger partial charge in [-0.1, -0.05) is 43.2 Å². The fraction of sp³-hybridized carbons (Fsp3) is 0.562. The van der Waals surface area contributed by atoms with Gasteiger partial charge in [-0.25, -0.2) is 0 Å². The van der Waals surface area contributed by atoms with Gasteiger partial charge in [-0.05, 0) is 44.7 Å². The maximum Gasteiger partial charge on any atom is 0.0909 e. The van der Waals surface area contributed by atoms with Crippen molar-refractivity contribution in [1.29, 1.82) is 0 Å². The topological polar surface area (TPSA) is 64.4 Å². The maximum atomic E-state index is 5.72. The number of hydrogen-bond donors (Lipinski definition) is 2. The average molecular weight is 334 g/mol. The summed E-state index contributed by atoms with van der Waals surface area (Å²) in [5.41, 5.74) is 12.6. The monoisotopic (exact) mass is 333 g/mol. The summed E-state index contributed by atoms with van der Waals surface area (Å²) in [6, 6.07) is 10.9. The molecule has 0 saturated heterocycles. The summed E-state index contributed by atoms with van der Waals surface area (Å²) in [5.74, 6) is 0.692. The highest BCUT2D eigenvalue weighted by molar-refractivity contribution is 5.85. The Balaban J connectivity index is 0. The lowest BCUT2D eigenvalue weighted by Gasteiger charge is -2.13. The van der Waals surface area contributed by atoms with E-state index in [2.05, 4.69) is 35.3 Å². The van der Waals surface area contributed by atoms with E-state index in [0.717, 1.165) is 32.2 Å². The molecule has 122 valence electrons. The molecule has 0 aliphatic rings. The second-order valence-corrected chi connectivity index (χ2v) is 5.09. The van der Waals surface area contributed by atoms with Crippen molar-refractivity contribution in [3.05, 3.63) is 35.9 Å². The van der Waals surface area contributed by atoms with Gasteiger partial charge in [-0.2, -0.15) is 0 Å². The predicted octanol–water partition coefficient (Wildman–Crippen LogP) is 3.73. The SMILES string of the molecule is CC(N)=NC(CCCCCN)CCc1ccccc1.Cl.Cl. The lowest BCUT2D eigenvalue weighted by molar-refractivity contribution is 0.527. The minimum absolute atomic E-state index is 0. The normalized spacial score (nSPS) is 12.2. The van der Waals surface area contributed by atoms with Crippen LogP contribution in [-0.4, -0.2) is 18.4 Å². The van der Waals surface area contributed by atoms with Crippen LogP contribution in [0, 0.1) is 0 Å². The summed E-state index contributed by atoms with van der Waals surface area (Å²) >= 11 is 0. The molecule has 5 heteroatoms. The van der Waals surface area contributed by atoms with Gasteiger partial charge in [0.05, 0.1) is 11.9 Å². The number of aryl methyl sites for hydroxylation is 1. The molecule has 0 amide bonds. The van der Waals surface area contributed by atoms with E-state index in [0.29, 0.717) is 11.9 Å². The van der Waals surface area contributed by atoms with Crippen LogP contribution >= 0.6 is 24.8 Å². The van der Waals surface area contributed by atoms with Crippen molar-refractivity contribution in [3.63, 3.8) is 0 Å². The summed E-state index contributed by atoms with van der Waals surface area (Å²) in [5, 5.41) is 0. The summed E-state index contributed by atoms with van der Waals surface area (Å²) < 4.78 is 0. The van der Waals surface area contributed by atoms with Crippen molar-refractivity contribution in [3.8, 4) is 0 Å². The number of unbranched alkanes of at least 4 members (excludes halogenated alkanes) is 2. The van der Waals surface area contributed by atoms with Crippen LogP contribution in [0.5, 0.6) is 0 Å². The van der Waals surface area contributed by atoms with Crippen molar-refractivity contribution in [2.24, 2.45) is 16.5 Å². The number of aliphatic imine (C=N–C) groups is 1. The molecule has 0 aliphatic carbocycles. The summed E-state index contributed by atoms with van der Waals surface area (Å²) in [6.45, 7) is 2.66. The second-order valence-electron chi connectivity index (χ2n) is 5.09. The molecule has 1 unspecified atom stereocenters. The molecule has 4 N–H and O–H groups in total. The largest absolute Gasteiger partial charge is 0.388 e. The third-order valence-corrected chi connectivity index (χ3v) is 3.24. The van der Waals surface area contributed by atoms with Crippen molar-refractivity contribution in [2.75, 3.05) is 6.54 Å². The van der Waals surface area contributed by atoms with E-state index in [9.17, 15) is 0 Å². The molecule has 1 aromatic carbocycles. The van der Waals surface area contributed by atoms with Gasteiger partial charge < -0.3 is 11.5 Å². The molecule has 0 heterocycles. The number of amidine groups is 1. The number of hydrogen-bond acceptors (Lipinski definition) is 2. The molecule has 1 aromatic rings. The minimum Gasteiger partial charge on any atom is -0.388 e. The van der Waals surface area contributed by atoms with E-state index in [1.54, 1.807) is 0 Å². The lowest BCUT2D eigenvalue weighted by Crippen LogP contribution is -2.14. The fourth-order valence-electron chi connectivity index (χ4n) is 2.24. The van der Waals surface area contributed by atoms with Gasteiger partial charge in [0, 0.05) is 0 Å². The van der Waals surface area contributed by atoms with Crippen molar-refractivity contribution < 1.29 is 0 Å². The third-order valence-electron chi connectivity index (χ3n) is 3.24. The Hall–Kier alpha value is -0.770. The maximum absolute atomic E-state index is 5.72. The Morgan fingerprint density at radius 1 is 1.05 bits per heavy atom. The zero-order chi connectivity index (χ0) is 13.9. The number of halogens is 2. The van der Waals surface area contributed by atoms with E-state index in [1.807, 2.05) is 6.92 Å². The van der Waals surface area contributed by atoms with Crippen molar-refractivity contribution in [2.45, 2.75) is 51.5 Å². The number of rotatable bonds is 9. The number of benzene rings is 1. The summed E-state index contributed by atoms with van der Waals surface area (Å²) in [7, 11) is 0. The molecule has 3 nitrogen and oxygen atoms in total. The van der Waals surface area contributed by atoms with Gasteiger partial charge in [0.2, 0.25) is 0 Å². The van der Waals surface area contributed by atoms with Crippen LogP contribution in [-0.2, 0) is 6.42 Å². The Morgan fingerprint density at radius 2 is 1.71 bits per heavy atom. The van der Waals surface area contributed by atoms with E-state index in [-0.39, 0.29) is 24.8 Å². The smallest absolute Gasteiger partial charge is 0.0909 e. The van der Waals surface area contributed by atoms with Gasteiger partial charge >= 0.3 is 0 Å². The molecule has 1 rings (SSSR count). The van der Waals surface area contributed by atoms with E-state index in [4.69, 9.17) is 11.5 Å². The van der Waals surface area contributed by atoms with Crippen LogP contribution < -0.4 is 11.5 Å². The highest BCUT2D eigenvalue weighted by Gasteiger charge is 2.07. The van der Waals surface area contributed by atoms with Gasteiger partial charge in [0.25, 0.3) is 0 Å². The fourth-order valence-corrected chi connectivity index (χ4v) is 2.24. The van der Waals surface area contributed by atoms with E-state index >= 15 is 0 Å². The second kappa shape index (κ2) is 14.2. The Kier molecular flexibility index (Phi) is 15.2. The molecule has 0 fully saturated rings. The Labute approximate surface area is 141 Å². The molecular weight excluding hydrogens is 305 g/mol. The zero-order valence-electron chi connectivity index (χ0n) is 12.8. The minimum atomic E-state index is 0. The van der Waals surface area contributed by atoms with Crippen LogP contribution in [0.4, 0.5) is 0 Å². The van der Waals surface area contributed by atoms with Crippen molar-refractivity contribution >= 4 is 30.6 Å². The third kappa shape index (κ3) is 11.6. The molecule has 0 aliphatic heterocycles. The number of nitrogens with two attached hydrogens (primary N) is 2. The molecule has 0 radical (unpaired) electrons. The molecule has 0 aromatic heterocycles. The first-order valence-electron chi connectivity index (χ1n) is 7.26. The molecule has 0 spiro atoms. The highest BCUT2D eigenvalue weighted by Crippen LogP contribution is 2.14. The van der Waals surface area contributed by atoms with Gasteiger partial charge in [-0.15, -0.1) is 24.8 Å². The molecule has 0 saturated carbocycles. The highest BCUT2D eigenvalue weighted by atomic mass is 35.5. The molecular formula is C16H29Cl2N3. The standard InChI is InChI=1S/C16H27N3.2ClH/c1-14(18)19-16(10-6-3-7-13-17)12-11-15-8-4-2-5-9-15;;/h2,4-5,8-9,16H,3,6-7,10-13,17H2,1H3,(H2,18,19);2*1H. The lowest BCUT2D eigenvalue weighted by atomic mass is 10.0. The summed E-state index contributed by atoms with van der Waals surface area (Å²) in [4.78, 5) is 4.55. The molecule has 0 bridgehead atoms. The Bertz CT molecular complexity index is 365. The van der Waals surface area contributed by atoms with Gasteiger partial charge in [-0.3, -0.25) is 4.99 Å². The average Bonchev–Trinajstić information content (AvgIpc) is 2.41. The van der Waals surface area contributed by atoms with Crippen LogP contribution in [0.25, 0.3) is 0 Å². The zero-order valence-corrected chi connectivity index (χ0v) is 14.5. The van der Waals surface area contributed by atoms with Crippen molar-refractivity contribution in [1.82, 2.24) is 0 Å². The molecule has 1 atom stereocenters. The quantitative estimate of drug-likeness (QED) is 0.411. The first-order chi connectivity index (χ1) is 9.22. The van der Waals surface area contributed by atoms with Crippen LogP contribution in [0.1, 0.15) is 44.6 Å². The van der Waals surface area contributed by atoms with Crippen LogP contribution in [0.15, 0.2) is 35.3 Å². The first-order valence-corrected chi connectivity index (χ1v) is 7.26. The molecule has 21 heavy (non-hydrogen) atoms.